The molecule has 0 radical (unpaired) electrons. The molecular weight excluding hydrogens is 116 g/mol. The third-order valence-corrected chi connectivity index (χ3v) is 1.31. The van der Waals surface area contributed by atoms with E-state index in [1.54, 1.807) is 0 Å². The van der Waals surface area contributed by atoms with Crippen molar-refractivity contribution in [3.63, 3.8) is 0 Å². The smallest absolute Gasteiger partial charge is 0.0874 e. The molecule has 0 bridgehead atoms. The van der Waals surface area contributed by atoms with Gasteiger partial charge in [0.25, 0.3) is 0 Å². The molecule has 0 saturated carbocycles. The van der Waals surface area contributed by atoms with Crippen LogP contribution in [0.3, 0.4) is 0 Å². The lowest BCUT2D eigenvalue weighted by atomic mass is 10.3. The van der Waals surface area contributed by atoms with Crippen molar-refractivity contribution in [1.29, 1.82) is 0 Å². The van der Waals surface area contributed by atoms with E-state index < -0.39 is 0 Å². The van der Waals surface area contributed by atoms with Crippen LogP contribution in [0.15, 0.2) is 12.8 Å². The second-order valence-electron chi connectivity index (χ2n) is 2.14. The molecule has 1 atom stereocenters. The van der Waals surface area contributed by atoms with Crippen molar-refractivity contribution in [3.05, 3.63) is 12.8 Å². The molecule has 0 amide bonds. The molecule has 9 heavy (non-hydrogen) atoms. The summed E-state index contributed by atoms with van der Waals surface area (Å²) in [5.41, 5.74) is 0. The monoisotopic (exact) mass is 128 g/mol. The van der Waals surface area contributed by atoms with Crippen molar-refractivity contribution in [3.8, 4) is 0 Å². The van der Waals surface area contributed by atoms with Gasteiger partial charge in [0.2, 0.25) is 0 Å². The fraction of sp³-hybridized carbons (Fsp3) is 0.714. The van der Waals surface area contributed by atoms with Gasteiger partial charge in [-0.1, -0.05) is 6.58 Å². The quantitative estimate of drug-likeness (QED) is 0.316. The van der Waals surface area contributed by atoms with E-state index in [0.29, 0.717) is 6.10 Å². The third-order valence-electron chi connectivity index (χ3n) is 1.31. The molecule has 1 aliphatic heterocycles. The van der Waals surface area contributed by atoms with Crippen LogP contribution in [0.25, 0.3) is 0 Å². The highest BCUT2D eigenvalue weighted by Crippen LogP contribution is 2.14. The minimum Gasteiger partial charge on any atom is -0.502 e. The number of ether oxygens (including phenoxy) is 2. The van der Waals surface area contributed by atoms with Crippen LogP contribution in [0, 0.1) is 0 Å². The Bertz CT molecular complexity index is 86.9. The number of hydrogen-bond donors (Lipinski definition) is 0. The van der Waals surface area contributed by atoms with E-state index in [2.05, 4.69) is 6.58 Å². The number of epoxide rings is 1. The summed E-state index contributed by atoms with van der Waals surface area (Å²) in [5.74, 6) is 0. The zero-order valence-electron chi connectivity index (χ0n) is 5.51. The van der Waals surface area contributed by atoms with Gasteiger partial charge in [-0.05, 0) is 12.8 Å². The second kappa shape index (κ2) is 3.51. The van der Waals surface area contributed by atoms with Gasteiger partial charge >= 0.3 is 0 Å². The Hall–Kier alpha value is -0.500. The van der Waals surface area contributed by atoms with Crippen molar-refractivity contribution in [2.24, 2.45) is 0 Å². The molecule has 1 unspecified atom stereocenters. The van der Waals surface area contributed by atoms with Gasteiger partial charge in [-0.2, -0.15) is 0 Å². The lowest BCUT2D eigenvalue weighted by Gasteiger charge is -1.96. The van der Waals surface area contributed by atoms with Gasteiger partial charge < -0.3 is 9.47 Å². The van der Waals surface area contributed by atoms with Crippen molar-refractivity contribution in [2.45, 2.75) is 18.9 Å². The summed E-state index contributed by atoms with van der Waals surface area (Å²) in [5, 5.41) is 0. The Labute approximate surface area is 55.5 Å². The molecule has 0 spiro atoms. The standard InChI is InChI=1S/C7H12O2/c1-2-8-5-3-4-7-6-9-7/h2,7H,1,3-6H2. The third kappa shape index (κ3) is 3.14. The maximum Gasteiger partial charge on any atom is 0.0874 e. The Morgan fingerprint density at radius 1 is 1.78 bits per heavy atom. The van der Waals surface area contributed by atoms with Gasteiger partial charge in [0.05, 0.1) is 25.6 Å². The van der Waals surface area contributed by atoms with Gasteiger partial charge in [-0.25, -0.2) is 0 Å². The average molecular weight is 128 g/mol. The predicted molar refractivity (Wildman–Crippen MR) is 35.1 cm³/mol. The van der Waals surface area contributed by atoms with Crippen LogP contribution in [0.1, 0.15) is 12.8 Å². The molecule has 1 heterocycles. The normalized spacial score (nSPS) is 23.3. The van der Waals surface area contributed by atoms with E-state index >= 15 is 0 Å². The largest absolute Gasteiger partial charge is 0.502 e. The minimum atomic E-state index is 0.540. The van der Waals surface area contributed by atoms with Crippen molar-refractivity contribution < 1.29 is 9.47 Å². The summed E-state index contributed by atoms with van der Waals surface area (Å²) in [6, 6.07) is 0. The van der Waals surface area contributed by atoms with E-state index in [-0.39, 0.29) is 0 Å². The maximum atomic E-state index is 5.01. The Balaban J connectivity index is 1.75. The summed E-state index contributed by atoms with van der Waals surface area (Å²) >= 11 is 0. The van der Waals surface area contributed by atoms with E-state index in [1.807, 2.05) is 0 Å². The van der Waals surface area contributed by atoms with Crippen LogP contribution in [0.5, 0.6) is 0 Å². The first-order valence-corrected chi connectivity index (χ1v) is 3.27. The molecule has 1 fully saturated rings. The molecule has 52 valence electrons. The number of rotatable bonds is 5. The highest BCUT2D eigenvalue weighted by atomic mass is 16.6. The lowest BCUT2D eigenvalue weighted by Crippen LogP contribution is -1.91. The lowest BCUT2D eigenvalue weighted by molar-refractivity contribution is 0.237. The van der Waals surface area contributed by atoms with Crippen LogP contribution in [0.2, 0.25) is 0 Å². The molecular formula is C7H12O2. The Morgan fingerprint density at radius 3 is 3.11 bits per heavy atom. The summed E-state index contributed by atoms with van der Waals surface area (Å²) in [7, 11) is 0. The highest BCUT2D eigenvalue weighted by molar-refractivity contribution is 4.68. The molecule has 1 rings (SSSR count). The molecule has 0 aromatic heterocycles. The van der Waals surface area contributed by atoms with E-state index in [1.165, 1.54) is 6.26 Å². The van der Waals surface area contributed by atoms with Gasteiger partial charge in [0.15, 0.2) is 0 Å². The molecule has 2 nitrogen and oxygen atoms in total. The van der Waals surface area contributed by atoms with Crippen molar-refractivity contribution in [1.82, 2.24) is 0 Å². The van der Waals surface area contributed by atoms with Gasteiger partial charge in [0.1, 0.15) is 0 Å². The zero-order valence-corrected chi connectivity index (χ0v) is 5.51. The van der Waals surface area contributed by atoms with Crippen molar-refractivity contribution >= 4 is 0 Å². The molecule has 0 N–H and O–H groups in total. The average Bonchev–Trinajstić information content (AvgIpc) is 2.63. The fourth-order valence-electron chi connectivity index (χ4n) is 0.712. The van der Waals surface area contributed by atoms with Crippen LogP contribution in [0.4, 0.5) is 0 Å². The van der Waals surface area contributed by atoms with E-state index in [0.717, 1.165) is 26.1 Å². The van der Waals surface area contributed by atoms with Crippen LogP contribution >= 0.6 is 0 Å². The molecule has 0 aromatic carbocycles. The van der Waals surface area contributed by atoms with Crippen LogP contribution in [-0.2, 0) is 9.47 Å². The minimum absolute atomic E-state index is 0.540. The topological polar surface area (TPSA) is 21.8 Å². The van der Waals surface area contributed by atoms with Crippen LogP contribution in [-0.4, -0.2) is 19.3 Å². The second-order valence-corrected chi connectivity index (χ2v) is 2.14. The summed E-state index contributed by atoms with van der Waals surface area (Å²) < 4.78 is 9.93. The van der Waals surface area contributed by atoms with E-state index in [4.69, 9.17) is 9.47 Å². The number of hydrogen-bond acceptors (Lipinski definition) is 2. The van der Waals surface area contributed by atoms with Crippen LogP contribution < -0.4 is 0 Å². The molecule has 2 heteroatoms. The van der Waals surface area contributed by atoms with E-state index in [9.17, 15) is 0 Å². The first-order chi connectivity index (χ1) is 4.43. The summed E-state index contributed by atoms with van der Waals surface area (Å²) in [6.45, 7) is 5.17. The van der Waals surface area contributed by atoms with Gasteiger partial charge in [-0.3, -0.25) is 0 Å². The molecule has 1 saturated heterocycles. The predicted octanol–water partition coefficient (Wildman–Crippen LogP) is 1.33. The first kappa shape index (κ1) is 6.62. The SMILES string of the molecule is C=COCCCC1CO1. The molecule has 0 aliphatic carbocycles. The zero-order chi connectivity index (χ0) is 6.53. The van der Waals surface area contributed by atoms with Crippen molar-refractivity contribution in [2.75, 3.05) is 13.2 Å². The molecule has 1 aliphatic rings. The Kier molecular flexibility index (Phi) is 2.58. The maximum absolute atomic E-state index is 5.01. The molecule has 0 aromatic rings. The summed E-state index contributed by atoms with van der Waals surface area (Å²) in [4.78, 5) is 0. The highest BCUT2D eigenvalue weighted by Gasteiger charge is 2.20. The Morgan fingerprint density at radius 2 is 2.56 bits per heavy atom. The first-order valence-electron chi connectivity index (χ1n) is 3.27. The van der Waals surface area contributed by atoms with Gasteiger partial charge in [0, 0.05) is 0 Å². The summed E-state index contributed by atoms with van der Waals surface area (Å²) in [6.07, 6.45) is 4.23. The van der Waals surface area contributed by atoms with Gasteiger partial charge in [-0.15, -0.1) is 0 Å². The fourth-order valence-corrected chi connectivity index (χ4v) is 0.712.